The summed E-state index contributed by atoms with van der Waals surface area (Å²) in [6, 6.07) is 18.6. The zero-order chi connectivity index (χ0) is 23.8. The van der Waals surface area contributed by atoms with Crippen LogP contribution in [0.25, 0.3) is 4.85 Å². The molecule has 1 aliphatic heterocycles. The smallest absolute Gasteiger partial charge is 0.187 e. The van der Waals surface area contributed by atoms with Crippen LogP contribution in [-0.4, -0.2) is 28.7 Å². The maximum absolute atomic E-state index is 13.9. The standard InChI is InChI=1S/C27H25ClF2N2O/c1-27(2,33)25(19-12-22(29)14-23(30)13-19)20-15-32(16-20)26(17-4-8-21(28)9-5-17)18-6-10-24(31-3)11-7-18/h4-14,20,25-26,33H,15-16H2,1-2H3. The van der Waals surface area contributed by atoms with E-state index in [-0.39, 0.29) is 12.0 Å². The van der Waals surface area contributed by atoms with Crippen molar-refractivity contribution in [3.8, 4) is 0 Å². The Hall–Kier alpha value is -2.78. The number of hydrogen-bond donors (Lipinski definition) is 1. The van der Waals surface area contributed by atoms with Crippen LogP contribution >= 0.6 is 11.6 Å². The van der Waals surface area contributed by atoms with Crippen LogP contribution in [0.15, 0.2) is 66.7 Å². The maximum Gasteiger partial charge on any atom is 0.187 e. The van der Waals surface area contributed by atoms with Gasteiger partial charge in [0.05, 0.1) is 18.2 Å². The summed E-state index contributed by atoms with van der Waals surface area (Å²) in [4.78, 5) is 5.75. The predicted molar refractivity (Wildman–Crippen MR) is 126 cm³/mol. The van der Waals surface area contributed by atoms with Gasteiger partial charge in [-0.3, -0.25) is 4.90 Å². The van der Waals surface area contributed by atoms with Gasteiger partial charge in [-0.05, 0) is 60.7 Å². The Balaban J connectivity index is 1.64. The second kappa shape index (κ2) is 9.23. The molecule has 3 nitrogen and oxygen atoms in total. The molecule has 0 aromatic heterocycles. The fourth-order valence-electron chi connectivity index (χ4n) is 4.97. The zero-order valence-corrected chi connectivity index (χ0v) is 19.2. The van der Waals surface area contributed by atoms with Gasteiger partial charge in [-0.15, -0.1) is 0 Å². The van der Waals surface area contributed by atoms with Crippen LogP contribution in [0.4, 0.5) is 14.5 Å². The van der Waals surface area contributed by atoms with Crippen LogP contribution in [0.5, 0.6) is 0 Å². The van der Waals surface area contributed by atoms with Gasteiger partial charge >= 0.3 is 0 Å². The van der Waals surface area contributed by atoms with Crippen molar-refractivity contribution in [2.45, 2.75) is 31.4 Å². The molecule has 0 spiro atoms. The second-order valence-corrected chi connectivity index (χ2v) is 9.64. The molecule has 170 valence electrons. The molecule has 1 fully saturated rings. The van der Waals surface area contributed by atoms with Gasteiger partial charge in [0, 0.05) is 30.1 Å². The third-order valence-corrected chi connectivity index (χ3v) is 6.56. The third kappa shape index (κ3) is 5.09. The Bertz CT molecular complexity index is 1140. The lowest BCUT2D eigenvalue weighted by Crippen LogP contribution is -2.54. The maximum atomic E-state index is 13.9. The molecule has 3 aromatic rings. The summed E-state index contributed by atoms with van der Waals surface area (Å²) in [5.74, 6) is -1.69. The van der Waals surface area contributed by atoms with E-state index in [2.05, 4.69) is 9.74 Å². The molecule has 2 unspecified atom stereocenters. The first-order chi connectivity index (χ1) is 15.7. The third-order valence-electron chi connectivity index (χ3n) is 6.30. The molecule has 1 aliphatic rings. The first-order valence-electron chi connectivity index (χ1n) is 10.8. The number of rotatable bonds is 6. The van der Waals surface area contributed by atoms with Crippen molar-refractivity contribution in [3.63, 3.8) is 0 Å². The number of likely N-dealkylation sites (tertiary alicyclic amines) is 1. The molecule has 0 amide bonds. The SMILES string of the molecule is [C-]#[N+]c1ccc(C(c2ccc(Cl)cc2)N2CC(C(c3cc(F)cc(F)c3)C(C)(C)O)C2)cc1. The van der Waals surface area contributed by atoms with Crippen molar-refractivity contribution in [3.05, 3.63) is 111 Å². The highest BCUT2D eigenvalue weighted by Crippen LogP contribution is 2.44. The van der Waals surface area contributed by atoms with Gasteiger partial charge in [-0.1, -0.05) is 48.0 Å². The number of hydrogen-bond acceptors (Lipinski definition) is 2. The molecule has 6 heteroatoms. The Morgan fingerprint density at radius 3 is 1.94 bits per heavy atom. The van der Waals surface area contributed by atoms with E-state index in [4.69, 9.17) is 18.2 Å². The van der Waals surface area contributed by atoms with E-state index in [0.717, 1.165) is 17.2 Å². The van der Waals surface area contributed by atoms with E-state index < -0.39 is 23.2 Å². The van der Waals surface area contributed by atoms with E-state index in [1.54, 1.807) is 26.0 Å². The summed E-state index contributed by atoms with van der Waals surface area (Å²) < 4.78 is 27.9. The average Bonchev–Trinajstić information content (AvgIpc) is 2.72. The summed E-state index contributed by atoms with van der Waals surface area (Å²) in [6.07, 6.45) is 0. The van der Waals surface area contributed by atoms with E-state index in [9.17, 15) is 13.9 Å². The summed E-state index contributed by atoms with van der Waals surface area (Å²) >= 11 is 6.10. The number of nitrogens with zero attached hydrogens (tertiary/aromatic N) is 2. The van der Waals surface area contributed by atoms with Gasteiger partial charge in [0.25, 0.3) is 0 Å². The first kappa shape index (κ1) is 23.4. The van der Waals surface area contributed by atoms with Gasteiger partial charge in [-0.2, -0.15) is 0 Å². The molecule has 1 heterocycles. The normalized spacial score (nSPS) is 16.6. The lowest BCUT2D eigenvalue weighted by molar-refractivity contribution is -0.0309. The lowest BCUT2D eigenvalue weighted by atomic mass is 9.71. The minimum Gasteiger partial charge on any atom is -0.390 e. The Kier molecular flexibility index (Phi) is 6.54. The monoisotopic (exact) mass is 466 g/mol. The van der Waals surface area contributed by atoms with Crippen molar-refractivity contribution < 1.29 is 13.9 Å². The van der Waals surface area contributed by atoms with Gasteiger partial charge in [0.15, 0.2) is 5.69 Å². The molecule has 0 aliphatic carbocycles. The average molecular weight is 467 g/mol. The molecule has 4 rings (SSSR count). The van der Waals surface area contributed by atoms with E-state index in [1.165, 1.54) is 12.1 Å². The highest BCUT2D eigenvalue weighted by atomic mass is 35.5. The zero-order valence-electron chi connectivity index (χ0n) is 18.5. The summed E-state index contributed by atoms with van der Waals surface area (Å²) in [7, 11) is 0. The van der Waals surface area contributed by atoms with Gasteiger partial charge in [0.1, 0.15) is 11.6 Å². The van der Waals surface area contributed by atoms with Crippen molar-refractivity contribution >= 4 is 17.3 Å². The predicted octanol–water partition coefficient (Wildman–Crippen LogP) is 6.74. The quantitative estimate of drug-likeness (QED) is 0.407. The van der Waals surface area contributed by atoms with Gasteiger partial charge in [-0.25, -0.2) is 13.6 Å². The van der Waals surface area contributed by atoms with Crippen LogP contribution in [0.1, 0.15) is 42.5 Å². The van der Waals surface area contributed by atoms with E-state index in [1.807, 2.05) is 36.4 Å². The van der Waals surface area contributed by atoms with Crippen molar-refractivity contribution in [1.29, 1.82) is 0 Å². The van der Waals surface area contributed by atoms with Crippen LogP contribution < -0.4 is 0 Å². The highest BCUT2D eigenvalue weighted by Gasteiger charge is 2.44. The molecular formula is C27H25ClF2N2O. The summed E-state index contributed by atoms with van der Waals surface area (Å²) in [5, 5.41) is 11.5. The van der Waals surface area contributed by atoms with Crippen molar-refractivity contribution in [1.82, 2.24) is 4.90 Å². The first-order valence-corrected chi connectivity index (χ1v) is 11.2. The Morgan fingerprint density at radius 1 is 0.939 bits per heavy atom. The molecule has 3 aromatic carbocycles. The highest BCUT2D eigenvalue weighted by molar-refractivity contribution is 6.30. The second-order valence-electron chi connectivity index (χ2n) is 9.21. The van der Waals surface area contributed by atoms with Crippen LogP contribution in [0.3, 0.4) is 0 Å². The van der Waals surface area contributed by atoms with Gasteiger partial charge < -0.3 is 5.11 Å². The molecule has 33 heavy (non-hydrogen) atoms. The van der Waals surface area contributed by atoms with Crippen LogP contribution in [-0.2, 0) is 0 Å². The molecule has 0 bridgehead atoms. The fourth-order valence-corrected chi connectivity index (χ4v) is 5.10. The Labute approximate surface area is 198 Å². The molecular weight excluding hydrogens is 442 g/mol. The topological polar surface area (TPSA) is 27.8 Å². The number of aliphatic hydroxyl groups is 1. The van der Waals surface area contributed by atoms with Crippen molar-refractivity contribution in [2.24, 2.45) is 5.92 Å². The number of halogens is 3. The number of benzene rings is 3. The fraction of sp³-hybridized carbons (Fsp3) is 0.296. The minimum atomic E-state index is -1.15. The molecule has 1 N–H and O–H groups in total. The van der Waals surface area contributed by atoms with E-state index >= 15 is 0 Å². The summed E-state index contributed by atoms with van der Waals surface area (Å²) in [5.41, 5.74) is 1.99. The van der Waals surface area contributed by atoms with Crippen LogP contribution in [0.2, 0.25) is 5.02 Å². The molecule has 0 radical (unpaired) electrons. The lowest BCUT2D eigenvalue weighted by Gasteiger charge is -2.50. The molecule has 2 atom stereocenters. The summed E-state index contributed by atoms with van der Waals surface area (Å²) in [6.45, 7) is 11.9. The largest absolute Gasteiger partial charge is 0.390 e. The minimum absolute atomic E-state index is 0.0171. The van der Waals surface area contributed by atoms with Crippen molar-refractivity contribution in [2.75, 3.05) is 13.1 Å². The van der Waals surface area contributed by atoms with Crippen LogP contribution in [0, 0.1) is 24.1 Å². The molecule has 1 saturated heterocycles. The van der Waals surface area contributed by atoms with E-state index in [0.29, 0.717) is 29.4 Å². The Morgan fingerprint density at radius 2 is 1.45 bits per heavy atom. The van der Waals surface area contributed by atoms with Gasteiger partial charge in [0.2, 0.25) is 0 Å². The molecule has 0 saturated carbocycles.